The summed E-state index contributed by atoms with van der Waals surface area (Å²) in [6.07, 6.45) is 0. The van der Waals surface area contributed by atoms with Crippen molar-refractivity contribution >= 4 is 46.5 Å². The first kappa shape index (κ1) is 20.8. The summed E-state index contributed by atoms with van der Waals surface area (Å²) < 4.78 is 0. The van der Waals surface area contributed by atoms with E-state index in [4.69, 9.17) is 11.6 Å². The fourth-order valence-electron chi connectivity index (χ4n) is 3.68. The number of carbonyl (C=O) groups excluding carboxylic acids is 3. The lowest BCUT2D eigenvalue weighted by Crippen LogP contribution is -2.51. The molecule has 2 heterocycles. The highest BCUT2D eigenvalue weighted by molar-refractivity contribution is 6.39. The number of carbonyl (C=O) groups is 3. The molecule has 9 nitrogen and oxygen atoms in total. The van der Waals surface area contributed by atoms with Gasteiger partial charge in [-0.1, -0.05) is 17.7 Å². The van der Waals surface area contributed by atoms with E-state index in [-0.39, 0.29) is 11.8 Å². The molecule has 0 radical (unpaired) electrons. The lowest BCUT2D eigenvalue weighted by atomic mass is 10.2. The summed E-state index contributed by atoms with van der Waals surface area (Å²) in [5.41, 5.74) is 1.73. The number of amides is 4. The standard InChI is InChI=1S/C21H22ClN5O4/c22-17-5-4-14(12-18(17)27-7-6-23-21(27)31)24-19(29)20(30)26-10-8-25(9-11-26)15-2-1-3-16(28)13-15/h1-5,12-13,28H,6-11H2,(H,23,31)(H,24,29). The lowest BCUT2D eigenvalue weighted by molar-refractivity contribution is -0.143. The maximum Gasteiger partial charge on any atom is 0.322 e. The summed E-state index contributed by atoms with van der Waals surface area (Å²) in [5, 5.41) is 15.3. The van der Waals surface area contributed by atoms with E-state index >= 15 is 0 Å². The van der Waals surface area contributed by atoms with Crippen LogP contribution in [0.4, 0.5) is 21.9 Å². The van der Waals surface area contributed by atoms with Gasteiger partial charge in [-0.15, -0.1) is 0 Å². The van der Waals surface area contributed by atoms with Crippen LogP contribution >= 0.6 is 11.6 Å². The predicted molar refractivity (Wildman–Crippen MR) is 118 cm³/mol. The molecule has 2 aromatic carbocycles. The molecule has 0 aliphatic carbocycles. The third-order valence-electron chi connectivity index (χ3n) is 5.31. The number of hydrogen-bond acceptors (Lipinski definition) is 5. The zero-order valence-corrected chi connectivity index (χ0v) is 17.4. The summed E-state index contributed by atoms with van der Waals surface area (Å²) in [4.78, 5) is 42.1. The van der Waals surface area contributed by atoms with E-state index in [2.05, 4.69) is 10.6 Å². The van der Waals surface area contributed by atoms with Crippen LogP contribution < -0.4 is 20.4 Å². The van der Waals surface area contributed by atoms with Crippen molar-refractivity contribution in [3.8, 4) is 5.75 Å². The highest BCUT2D eigenvalue weighted by atomic mass is 35.5. The molecule has 2 aliphatic rings. The average molecular weight is 444 g/mol. The van der Waals surface area contributed by atoms with Gasteiger partial charge in [-0.05, 0) is 30.3 Å². The number of rotatable bonds is 3. The fraction of sp³-hybridized carbons (Fsp3) is 0.286. The number of phenolic OH excluding ortho intramolecular Hbond substituents is 1. The molecule has 0 spiro atoms. The third kappa shape index (κ3) is 4.51. The Labute approximate surface area is 184 Å². The minimum atomic E-state index is -0.745. The lowest BCUT2D eigenvalue weighted by Gasteiger charge is -2.35. The van der Waals surface area contributed by atoms with Gasteiger partial charge in [-0.3, -0.25) is 14.5 Å². The van der Waals surface area contributed by atoms with Crippen molar-refractivity contribution in [1.82, 2.24) is 10.2 Å². The van der Waals surface area contributed by atoms with Crippen molar-refractivity contribution < 1.29 is 19.5 Å². The highest BCUT2D eigenvalue weighted by Gasteiger charge is 2.27. The third-order valence-corrected chi connectivity index (χ3v) is 5.63. The van der Waals surface area contributed by atoms with Gasteiger partial charge < -0.3 is 25.5 Å². The first-order chi connectivity index (χ1) is 14.9. The van der Waals surface area contributed by atoms with Crippen molar-refractivity contribution in [3.05, 3.63) is 47.5 Å². The maximum atomic E-state index is 12.6. The number of benzene rings is 2. The molecule has 2 aliphatic heterocycles. The van der Waals surface area contributed by atoms with Gasteiger partial charge >= 0.3 is 17.8 Å². The zero-order chi connectivity index (χ0) is 22.0. The van der Waals surface area contributed by atoms with E-state index in [0.29, 0.717) is 55.7 Å². The molecule has 162 valence electrons. The van der Waals surface area contributed by atoms with Crippen molar-refractivity contribution in [2.45, 2.75) is 0 Å². The fourth-order valence-corrected chi connectivity index (χ4v) is 3.90. The average Bonchev–Trinajstić information content (AvgIpc) is 3.20. The molecule has 0 aromatic heterocycles. The van der Waals surface area contributed by atoms with Gasteiger partial charge in [0, 0.05) is 56.7 Å². The first-order valence-electron chi connectivity index (χ1n) is 9.91. The normalized spacial score (nSPS) is 16.3. The van der Waals surface area contributed by atoms with E-state index < -0.39 is 11.8 Å². The van der Waals surface area contributed by atoms with Crippen LogP contribution in [-0.4, -0.2) is 67.1 Å². The molecule has 3 N–H and O–H groups in total. The van der Waals surface area contributed by atoms with Crippen LogP contribution in [0, 0.1) is 0 Å². The minimum absolute atomic E-state index is 0.184. The van der Waals surface area contributed by atoms with Crippen LogP contribution in [0.15, 0.2) is 42.5 Å². The van der Waals surface area contributed by atoms with E-state index in [1.165, 1.54) is 9.80 Å². The van der Waals surface area contributed by atoms with E-state index in [1.54, 1.807) is 36.4 Å². The number of halogens is 1. The number of aromatic hydroxyl groups is 1. The van der Waals surface area contributed by atoms with Gasteiger partial charge in [-0.25, -0.2) is 4.79 Å². The summed E-state index contributed by atoms with van der Waals surface area (Å²) >= 11 is 6.21. The Balaban J connectivity index is 1.37. The van der Waals surface area contributed by atoms with Crippen LogP contribution in [0.2, 0.25) is 5.02 Å². The topological polar surface area (TPSA) is 105 Å². The molecule has 0 atom stereocenters. The van der Waals surface area contributed by atoms with Gasteiger partial charge in [0.15, 0.2) is 0 Å². The Kier molecular flexibility index (Phi) is 5.85. The van der Waals surface area contributed by atoms with Gasteiger partial charge in [0.1, 0.15) is 5.75 Å². The van der Waals surface area contributed by atoms with Gasteiger partial charge in [0.2, 0.25) is 0 Å². The van der Waals surface area contributed by atoms with E-state index in [1.807, 2.05) is 11.0 Å². The Bertz CT molecular complexity index is 1020. The molecular weight excluding hydrogens is 422 g/mol. The summed E-state index contributed by atoms with van der Waals surface area (Å²) in [6.45, 7) is 2.87. The van der Waals surface area contributed by atoms with Crippen LogP contribution in [0.3, 0.4) is 0 Å². The highest BCUT2D eigenvalue weighted by Crippen LogP contribution is 2.30. The molecule has 2 fully saturated rings. The van der Waals surface area contributed by atoms with Crippen LogP contribution in [0.5, 0.6) is 5.75 Å². The smallest absolute Gasteiger partial charge is 0.322 e. The molecule has 10 heteroatoms. The molecule has 4 amide bonds. The van der Waals surface area contributed by atoms with Crippen LogP contribution in [0.25, 0.3) is 0 Å². The Hall–Kier alpha value is -3.46. The van der Waals surface area contributed by atoms with Gasteiger partial charge in [0.05, 0.1) is 10.7 Å². The summed E-state index contributed by atoms with van der Waals surface area (Å²) in [7, 11) is 0. The van der Waals surface area contributed by atoms with E-state index in [0.717, 1.165) is 5.69 Å². The molecule has 0 unspecified atom stereocenters. The van der Waals surface area contributed by atoms with Crippen molar-refractivity contribution in [2.75, 3.05) is 54.4 Å². The Morgan fingerprint density at radius 1 is 1.03 bits per heavy atom. The van der Waals surface area contributed by atoms with Crippen molar-refractivity contribution in [2.24, 2.45) is 0 Å². The molecule has 2 saturated heterocycles. The summed E-state index contributed by atoms with van der Waals surface area (Å²) in [6, 6.07) is 11.4. The molecule has 2 aromatic rings. The molecule has 4 rings (SSSR count). The van der Waals surface area contributed by atoms with Crippen LogP contribution in [-0.2, 0) is 9.59 Å². The molecule has 0 bridgehead atoms. The minimum Gasteiger partial charge on any atom is -0.508 e. The second kappa shape index (κ2) is 8.73. The van der Waals surface area contributed by atoms with Gasteiger partial charge in [0.25, 0.3) is 0 Å². The number of phenols is 1. The van der Waals surface area contributed by atoms with Crippen LogP contribution in [0.1, 0.15) is 0 Å². The monoisotopic (exact) mass is 443 g/mol. The molecule has 0 saturated carbocycles. The van der Waals surface area contributed by atoms with Crippen molar-refractivity contribution in [3.63, 3.8) is 0 Å². The predicted octanol–water partition coefficient (Wildman–Crippen LogP) is 1.86. The molecular formula is C21H22ClN5O4. The number of nitrogens with one attached hydrogen (secondary N) is 2. The van der Waals surface area contributed by atoms with Gasteiger partial charge in [-0.2, -0.15) is 0 Å². The van der Waals surface area contributed by atoms with Crippen molar-refractivity contribution in [1.29, 1.82) is 0 Å². The molecule has 31 heavy (non-hydrogen) atoms. The summed E-state index contributed by atoms with van der Waals surface area (Å²) in [5.74, 6) is -1.18. The largest absolute Gasteiger partial charge is 0.508 e. The quantitative estimate of drug-likeness (QED) is 0.628. The zero-order valence-electron chi connectivity index (χ0n) is 16.7. The SMILES string of the molecule is O=C(Nc1ccc(Cl)c(N2CCNC2=O)c1)C(=O)N1CCN(c2cccc(O)c2)CC1. The maximum absolute atomic E-state index is 12.6. The Morgan fingerprint density at radius 3 is 2.48 bits per heavy atom. The number of nitrogens with zero attached hydrogens (tertiary/aromatic N) is 3. The van der Waals surface area contributed by atoms with E-state index in [9.17, 15) is 19.5 Å². The number of hydrogen-bond donors (Lipinski definition) is 3. The number of urea groups is 1. The second-order valence-electron chi connectivity index (χ2n) is 7.30. The number of anilines is 3. The second-order valence-corrected chi connectivity index (χ2v) is 7.71. The Morgan fingerprint density at radius 2 is 1.81 bits per heavy atom. The number of piperazine rings is 1. The first-order valence-corrected chi connectivity index (χ1v) is 10.3.